The third-order valence-electron chi connectivity index (χ3n) is 2.06. The van der Waals surface area contributed by atoms with Crippen LogP contribution in [0.5, 0.6) is 0 Å². The molecule has 0 fully saturated rings. The lowest BCUT2D eigenvalue weighted by molar-refractivity contribution is -0.125. The minimum Gasteiger partial charge on any atom is -0.354 e. The Morgan fingerprint density at radius 1 is 1.67 bits per heavy atom. The standard InChI is InChI=1S/C11H22N2OS/c1-4-6-11(3,12)10(14)13-7-9-15-8-5-2/h5H,2,4,6-9,12H2,1,3H3,(H,13,14). The molecular weight excluding hydrogens is 208 g/mol. The van der Waals surface area contributed by atoms with E-state index in [9.17, 15) is 4.79 Å². The maximum Gasteiger partial charge on any atom is 0.239 e. The number of rotatable bonds is 8. The Morgan fingerprint density at radius 2 is 2.33 bits per heavy atom. The first-order chi connectivity index (χ1) is 7.04. The van der Waals surface area contributed by atoms with E-state index in [4.69, 9.17) is 5.73 Å². The summed E-state index contributed by atoms with van der Waals surface area (Å²) in [6.07, 6.45) is 3.50. The predicted molar refractivity (Wildman–Crippen MR) is 68.0 cm³/mol. The van der Waals surface area contributed by atoms with E-state index in [1.807, 2.05) is 13.0 Å². The van der Waals surface area contributed by atoms with Gasteiger partial charge in [0.1, 0.15) is 0 Å². The highest BCUT2D eigenvalue weighted by atomic mass is 32.2. The van der Waals surface area contributed by atoms with Gasteiger partial charge in [-0.15, -0.1) is 6.58 Å². The van der Waals surface area contributed by atoms with Gasteiger partial charge in [0.15, 0.2) is 0 Å². The zero-order chi connectivity index (χ0) is 11.7. The Labute approximate surface area is 96.9 Å². The lowest BCUT2D eigenvalue weighted by atomic mass is 9.97. The van der Waals surface area contributed by atoms with Gasteiger partial charge in [-0.1, -0.05) is 19.4 Å². The van der Waals surface area contributed by atoms with E-state index in [1.165, 1.54) is 0 Å². The van der Waals surface area contributed by atoms with Gasteiger partial charge < -0.3 is 11.1 Å². The second-order valence-electron chi connectivity index (χ2n) is 3.79. The highest BCUT2D eigenvalue weighted by molar-refractivity contribution is 7.99. The van der Waals surface area contributed by atoms with E-state index in [0.29, 0.717) is 6.54 Å². The van der Waals surface area contributed by atoms with Crippen molar-refractivity contribution in [2.45, 2.75) is 32.2 Å². The summed E-state index contributed by atoms with van der Waals surface area (Å²) < 4.78 is 0. The third kappa shape index (κ3) is 6.57. The monoisotopic (exact) mass is 230 g/mol. The first-order valence-corrected chi connectivity index (χ1v) is 6.46. The fraction of sp³-hybridized carbons (Fsp3) is 0.727. The van der Waals surface area contributed by atoms with Crippen molar-refractivity contribution in [2.75, 3.05) is 18.1 Å². The van der Waals surface area contributed by atoms with Gasteiger partial charge in [0.2, 0.25) is 5.91 Å². The van der Waals surface area contributed by atoms with E-state index >= 15 is 0 Å². The van der Waals surface area contributed by atoms with Crippen LogP contribution in [0.3, 0.4) is 0 Å². The van der Waals surface area contributed by atoms with E-state index < -0.39 is 5.54 Å². The van der Waals surface area contributed by atoms with Crippen molar-refractivity contribution >= 4 is 17.7 Å². The molecule has 0 radical (unpaired) electrons. The van der Waals surface area contributed by atoms with Crippen molar-refractivity contribution in [2.24, 2.45) is 5.73 Å². The lowest BCUT2D eigenvalue weighted by Crippen LogP contribution is -2.51. The molecule has 0 aromatic heterocycles. The Hall–Kier alpha value is -0.480. The Kier molecular flexibility index (Phi) is 7.52. The molecule has 0 rings (SSSR count). The van der Waals surface area contributed by atoms with Gasteiger partial charge >= 0.3 is 0 Å². The first-order valence-electron chi connectivity index (χ1n) is 5.30. The Bertz CT molecular complexity index is 205. The van der Waals surface area contributed by atoms with Crippen molar-refractivity contribution in [3.63, 3.8) is 0 Å². The molecule has 0 aliphatic rings. The Balaban J connectivity index is 3.68. The van der Waals surface area contributed by atoms with E-state index in [1.54, 1.807) is 18.7 Å². The van der Waals surface area contributed by atoms with E-state index in [2.05, 4.69) is 11.9 Å². The smallest absolute Gasteiger partial charge is 0.239 e. The Morgan fingerprint density at radius 3 is 2.87 bits per heavy atom. The van der Waals surface area contributed by atoms with Crippen LogP contribution >= 0.6 is 11.8 Å². The molecule has 0 saturated carbocycles. The predicted octanol–water partition coefficient (Wildman–Crippen LogP) is 1.54. The summed E-state index contributed by atoms with van der Waals surface area (Å²) in [5.74, 6) is 1.77. The van der Waals surface area contributed by atoms with Crippen LogP contribution in [-0.2, 0) is 4.79 Å². The molecule has 1 atom stereocenters. The number of amides is 1. The number of hydrogen-bond acceptors (Lipinski definition) is 3. The van der Waals surface area contributed by atoms with Crippen LogP contribution in [0.15, 0.2) is 12.7 Å². The average molecular weight is 230 g/mol. The summed E-state index contributed by atoms with van der Waals surface area (Å²) in [5, 5.41) is 2.85. The summed E-state index contributed by atoms with van der Waals surface area (Å²) in [4.78, 5) is 11.6. The van der Waals surface area contributed by atoms with Crippen molar-refractivity contribution in [1.82, 2.24) is 5.32 Å². The molecule has 0 spiro atoms. The van der Waals surface area contributed by atoms with E-state index in [0.717, 1.165) is 24.3 Å². The normalized spacial score (nSPS) is 14.3. The van der Waals surface area contributed by atoms with Gasteiger partial charge in [0.25, 0.3) is 0 Å². The molecule has 1 amide bonds. The van der Waals surface area contributed by atoms with Gasteiger partial charge in [0.05, 0.1) is 5.54 Å². The number of thioether (sulfide) groups is 1. The maximum atomic E-state index is 11.6. The highest BCUT2D eigenvalue weighted by Crippen LogP contribution is 2.08. The summed E-state index contributed by atoms with van der Waals surface area (Å²) in [6.45, 7) is 8.11. The fourth-order valence-electron chi connectivity index (χ4n) is 1.24. The number of nitrogens with one attached hydrogen (secondary N) is 1. The molecule has 88 valence electrons. The molecule has 0 aliphatic carbocycles. The SMILES string of the molecule is C=CCSCCNC(=O)C(C)(N)CCC. The number of carbonyl (C=O) groups excluding carboxylic acids is 1. The third-order valence-corrected chi connectivity index (χ3v) is 3.02. The largest absolute Gasteiger partial charge is 0.354 e. The van der Waals surface area contributed by atoms with Gasteiger partial charge in [-0.05, 0) is 13.3 Å². The summed E-state index contributed by atoms with van der Waals surface area (Å²) in [5.41, 5.74) is 5.15. The minimum absolute atomic E-state index is 0.0523. The quantitative estimate of drug-likeness (QED) is 0.491. The van der Waals surface area contributed by atoms with Gasteiger partial charge in [-0.3, -0.25) is 4.79 Å². The molecule has 4 heteroatoms. The van der Waals surface area contributed by atoms with Crippen LogP contribution in [-0.4, -0.2) is 29.5 Å². The molecule has 0 aliphatic heterocycles. The lowest BCUT2D eigenvalue weighted by Gasteiger charge is -2.22. The summed E-state index contributed by atoms with van der Waals surface area (Å²) in [6, 6.07) is 0. The van der Waals surface area contributed by atoms with Crippen molar-refractivity contribution in [3.05, 3.63) is 12.7 Å². The number of hydrogen-bond donors (Lipinski definition) is 2. The molecule has 0 aromatic rings. The van der Waals surface area contributed by atoms with Crippen LogP contribution in [0.4, 0.5) is 0 Å². The van der Waals surface area contributed by atoms with Gasteiger partial charge in [-0.25, -0.2) is 0 Å². The fourth-order valence-corrected chi connectivity index (χ4v) is 1.82. The minimum atomic E-state index is -0.724. The second-order valence-corrected chi connectivity index (χ2v) is 4.94. The van der Waals surface area contributed by atoms with Crippen molar-refractivity contribution < 1.29 is 4.79 Å². The van der Waals surface area contributed by atoms with Gasteiger partial charge in [0, 0.05) is 18.1 Å². The average Bonchev–Trinajstić information content (AvgIpc) is 2.17. The van der Waals surface area contributed by atoms with Crippen LogP contribution < -0.4 is 11.1 Å². The molecule has 3 nitrogen and oxygen atoms in total. The van der Waals surface area contributed by atoms with Crippen LogP contribution in [0.1, 0.15) is 26.7 Å². The number of carbonyl (C=O) groups is 1. The van der Waals surface area contributed by atoms with E-state index in [-0.39, 0.29) is 5.91 Å². The van der Waals surface area contributed by atoms with Crippen LogP contribution in [0.25, 0.3) is 0 Å². The van der Waals surface area contributed by atoms with Crippen LogP contribution in [0.2, 0.25) is 0 Å². The molecule has 1 unspecified atom stereocenters. The van der Waals surface area contributed by atoms with Crippen molar-refractivity contribution in [1.29, 1.82) is 0 Å². The molecule has 0 heterocycles. The zero-order valence-corrected chi connectivity index (χ0v) is 10.5. The van der Waals surface area contributed by atoms with Crippen molar-refractivity contribution in [3.8, 4) is 0 Å². The highest BCUT2D eigenvalue weighted by Gasteiger charge is 2.26. The molecule has 3 N–H and O–H groups in total. The van der Waals surface area contributed by atoms with Crippen LogP contribution in [0, 0.1) is 0 Å². The zero-order valence-electron chi connectivity index (χ0n) is 9.71. The molecule has 0 bridgehead atoms. The molecule has 0 saturated heterocycles. The first kappa shape index (κ1) is 14.5. The summed E-state index contributed by atoms with van der Waals surface area (Å²) >= 11 is 1.75. The topological polar surface area (TPSA) is 55.1 Å². The molecule has 15 heavy (non-hydrogen) atoms. The summed E-state index contributed by atoms with van der Waals surface area (Å²) in [7, 11) is 0. The maximum absolute atomic E-state index is 11.6. The molecular formula is C11H22N2OS. The second kappa shape index (κ2) is 7.77. The number of nitrogens with two attached hydrogens (primary N) is 1. The van der Waals surface area contributed by atoms with Gasteiger partial charge in [-0.2, -0.15) is 11.8 Å². The molecule has 0 aromatic carbocycles.